The molecule has 136 valence electrons. The summed E-state index contributed by atoms with van der Waals surface area (Å²) < 4.78 is 62.8. The highest BCUT2D eigenvalue weighted by Crippen LogP contribution is 2.39. The molecular weight excluding hydrogens is 360 g/mol. The zero-order valence-electron chi connectivity index (χ0n) is 13.6. The van der Waals surface area contributed by atoms with E-state index in [1.165, 1.54) is 6.92 Å². The third-order valence-corrected chi connectivity index (χ3v) is 4.73. The molecule has 0 saturated heterocycles. The molecule has 1 aromatic rings. The fourth-order valence-corrected chi connectivity index (χ4v) is 2.75. The second-order valence-corrected chi connectivity index (χ2v) is 7.36. The average Bonchev–Trinajstić information content (AvgIpc) is 2.71. The van der Waals surface area contributed by atoms with Crippen molar-refractivity contribution in [1.82, 2.24) is 4.72 Å². The minimum Gasteiger partial charge on any atom is -0.456 e. The average molecular weight is 375 g/mol. The number of hydrogen-bond donors (Lipinski definition) is 1. The van der Waals surface area contributed by atoms with E-state index in [0.29, 0.717) is 6.07 Å². The first kappa shape index (κ1) is 18.8. The summed E-state index contributed by atoms with van der Waals surface area (Å²) in [6, 6.07) is 2.46. The van der Waals surface area contributed by atoms with E-state index in [2.05, 4.69) is 0 Å². The van der Waals surface area contributed by atoms with Gasteiger partial charge in [0.25, 0.3) is 5.78 Å². The zero-order valence-corrected chi connectivity index (χ0v) is 14.4. The lowest BCUT2D eigenvalue weighted by molar-refractivity contribution is -0.142. The first-order valence-electron chi connectivity index (χ1n) is 7.12. The molecule has 1 aromatic carbocycles. The Labute approximate surface area is 142 Å². The van der Waals surface area contributed by atoms with Gasteiger partial charge in [0.2, 0.25) is 27.3 Å². The van der Waals surface area contributed by atoms with Gasteiger partial charge in [0.05, 0.1) is 5.75 Å². The highest BCUT2D eigenvalue weighted by Gasteiger charge is 2.51. The van der Waals surface area contributed by atoms with Crippen molar-refractivity contribution < 1.29 is 36.3 Å². The van der Waals surface area contributed by atoms with Crippen molar-refractivity contribution in [2.24, 2.45) is 0 Å². The van der Waals surface area contributed by atoms with Crippen molar-refractivity contribution in [3.8, 4) is 0 Å². The molecule has 0 bridgehead atoms. The van der Waals surface area contributed by atoms with Crippen molar-refractivity contribution in [3.63, 3.8) is 0 Å². The topological polar surface area (TPSA) is 98.8 Å². The summed E-state index contributed by atoms with van der Waals surface area (Å²) >= 11 is 0. The second kappa shape index (κ2) is 6.43. The molecule has 0 radical (unpaired) electrons. The van der Waals surface area contributed by atoms with E-state index in [1.807, 2.05) is 4.72 Å². The predicted octanol–water partition coefficient (Wildman–Crippen LogP) is 1.45. The van der Waals surface area contributed by atoms with Crippen LogP contribution in [0.3, 0.4) is 0 Å². The summed E-state index contributed by atoms with van der Waals surface area (Å²) in [4.78, 5) is 23.8. The predicted molar refractivity (Wildman–Crippen MR) is 81.2 cm³/mol. The van der Waals surface area contributed by atoms with Crippen molar-refractivity contribution in [1.29, 1.82) is 0 Å². The van der Waals surface area contributed by atoms with Crippen LogP contribution in [0.5, 0.6) is 0 Å². The standard InChI is InChI=1S/C15H15F2NO6S/c1-4-25(21,22)18-14-12(23-8(2)19)13(20)15(3,24-14)10-6-5-9(16)7-11(10)17/h5-7,18H,4H2,1-3H3. The first-order chi connectivity index (χ1) is 11.5. The largest absolute Gasteiger partial charge is 0.456 e. The third-order valence-electron chi connectivity index (χ3n) is 3.47. The Bertz CT molecular complexity index is 880. The number of carbonyl (C=O) groups excluding carboxylic acids is 2. The Morgan fingerprint density at radius 2 is 2.00 bits per heavy atom. The van der Waals surface area contributed by atoms with Crippen molar-refractivity contribution in [3.05, 3.63) is 47.0 Å². The van der Waals surface area contributed by atoms with Crippen LogP contribution in [-0.2, 0) is 34.7 Å². The smallest absolute Gasteiger partial charge is 0.308 e. The summed E-state index contributed by atoms with van der Waals surface area (Å²) in [6.07, 6.45) is 0. The number of hydrogen-bond acceptors (Lipinski definition) is 6. The molecule has 2 rings (SSSR count). The summed E-state index contributed by atoms with van der Waals surface area (Å²) in [6.45, 7) is 3.49. The lowest BCUT2D eigenvalue weighted by atomic mass is 9.91. The molecule has 0 aliphatic carbocycles. The highest BCUT2D eigenvalue weighted by molar-refractivity contribution is 7.89. The van der Waals surface area contributed by atoms with Crippen LogP contribution in [0.25, 0.3) is 0 Å². The van der Waals surface area contributed by atoms with E-state index in [1.54, 1.807) is 0 Å². The van der Waals surface area contributed by atoms with Crippen LogP contribution in [0.2, 0.25) is 0 Å². The van der Waals surface area contributed by atoms with Gasteiger partial charge < -0.3 is 9.47 Å². The fraction of sp³-hybridized carbons (Fsp3) is 0.333. The molecule has 0 spiro atoms. The first-order valence-corrected chi connectivity index (χ1v) is 8.78. The van der Waals surface area contributed by atoms with Crippen molar-refractivity contribution >= 4 is 21.8 Å². The molecule has 1 atom stereocenters. The number of esters is 1. The molecule has 0 amide bonds. The van der Waals surface area contributed by atoms with Crippen LogP contribution < -0.4 is 4.72 Å². The Hall–Kier alpha value is -2.49. The van der Waals surface area contributed by atoms with Gasteiger partial charge in [0.1, 0.15) is 11.6 Å². The maximum Gasteiger partial charge on any atom is 0.308 e. The van der Waals surface area contributed by atoms with Gasteiger partial charge in [-0.2, -0.15) is 0 Å². The third kappa shape index (κ3) is 3.63. The maximum absolute atomic E-state index is 14.1. The number of nitrogens with one attached hydrogen (secondary N) is 1. The summed E-state index contributed by atoms with van der Waals surface area (Å²) in [7, 11) is -3.87. The van der Waals surface area contributed by atoms with Gasteiger partial charge in [-0.1, -0.05) is 0 Å². The molecular formula is C15H15F2NO6S. The van der Waals surface area contributed by atoms with Gasteiger partial charge in [0.15, 0.2) is 0 Å². The summed E-state index contributed by atoms with van der Waals surface area (Å²) in [5.41, 5.74) is -2.37. The number of ketones is 1. The van der Waals surface area contributed by atoms with Crippen LogP contribution in [0.4, 0.5) is 8.78 Å². The highest BCUT2D eigenvalue weighted by atomic mass is 32.2. The molecule has 1 unspecified atom stereocenters. The van der Waals surface area contributed by atoms with Crippen LogP contribution in [0.1, 0.15) is 26.3 Å². The van der Waals surface area contributed by atoms with Crippen LogP contribution in [0, 0.1) is 11.6 Å². The molecule has 0 saturated carbocycles. The van der Waals surface area contributed by atoms with Crippen LogP contribution in [-0.4, -0.2) is 25.9 Å². The van der Waals surface area contributed by atoms with Crippen molar-refractivity contribution in [2.45, 2.75) is 26.4 Å². The normalized spacial score (nSPS) is 20.4. The maximum atomic E-state index is 14.1. The molecule has 0 aromatic heterocycles. The monoisotopic (exact) mass is 375 g/mol. The van der Waals surface area contributed by atoms with Gasteiger partial charge in [-0.3, -0.25) is 14.3 Å². The lowest BCUT2D eigenvalue weighted by Crippen LogP contribution is -2.33. The van der Waals surface area contributed by atoms with Gasteiger partial charge in [-0.05, 0) is 26.0 Å². The minimum atomic E-state index is -3.87. The SMILES string of the molecule is CCS(=O)(=O)NC1=C(OC(C)=O)C(=O)C(C)(c2ccc(F)cc2F)O1. The molecule has 10 heteroatoms. The van der Waals surface area contributed by atoms with Gasteiger partial charge >= 0.3 is 5.97 Å². The molecule has 1 heterocycles. The van der Waals surface area contributed by atoms with E-state index >= 15 is 0 Å². The Morgan fingerprint density at radius 3 is 2.52 bits per heavy atom. The molecule has 1 aliphatic heterocycles. The summed E-state index contributed by atoms with van der Waals surface area (Å²) in [5, 5.41) is 0. The van der Waals surface area contributed by atoms with Gasteiger partial charge in [-0.15, -0.1) is 0 Å². The Morgan fingerprint density at radius 1 is 1.36 bits per heavy atom. The number of Topliss-reactive ketones (excluding diaryl/α,β-unsaturated/α-hetero) is 1. The molecule has 1 aliphatic rings. The van der Waals surface area contributed by atoms with E-state index in [0.717, 1.165) is 26.0 Å². The number of ether oxygens (including phenoxy) is 2. The van der Waals surface area contributed by atoms with Crippen LogP contribution >= 0.6 is 0 Å². The molecule has 1 N–H and O–H groups in total. The van der Waals surface area contributed by atoms with E-state index in [9.17, 15) is 26.8 Å². The lowest BCUT2D eigenvalue weighted by Gasteiger charge is -2.24. The van der Waals surface area contributed by atoms with E-state index < -0.39 is 50.7 Å². The summed E-state index contributed by atoms with van der Waals surface area (Å²) in [5.74, 6) is -5.49. The molecule has 0 fully saturated rings. The molecule has 25 heavy (non-hydrogen) atoms. The number of benzene rings is 1. The van der Waals surface area contributed by atoms with E-state index in [4.69, 9.17) is 9.47 Å². The Balaban J connectivity index is 2.52. The zero-order chi connectivity index (χ0) is 19.0. The minimum absolute atomic E-state index is 0.339. The van der Waals surface area contributed by atoms with Crippen molar-refractivity contribution in [2.75, 3.05) is 5.75 Å². The van der Waals surface area contributed by atoms with Gasteiger partial charge in [0, 0.05) is 18.6 Å². The number of rotatable bonds is 5. The van der Waals surface area contributed by atoms with Crippen LogP contribution in [0.15, 0.2) is 29.8 Å². The Kier molecular flexibility index (Phi) is 4.85. The number of halogens is 2. The fourth-order valence-electron chi connectivity index (χ4n) is 2.19. The number of sulfonamides is 1. The van der Waals surface area contributed by atoms with Gasteiger partial charge in [-0.25, -0.2) is 17.2 Å². The second-order valence-electron chi connectivity index (χ2n) is 5.35. The quantitative estimate of drug-likeness (QED) is 0.782. The van der Waals surface area contributed by atoms with E-state index in [-0.39, 0.29) is 11.3 Å². The molecule has 7 nitrogen and oxygen atoms in total. The number of carbonyl (C=O) groups is 2.